The summed E-state index contributed by atoms with van der Waals surface area (Å²) >= 11 is 3.41. The molecule has 0 aliphatic carbocycles. The maximum Gasteiger partial charge on any atom is 0.306 e. The topological polar surface area (TPSA) is 39.2 Å². The van der Waals surface area contributed by atoms with Crippen LogP contribution in [0.5, 0.6) is 0 Å². The molecule has 1 aromatic rings. The second kappa shape index (κ2) is 5.51. The fraction of sp³-hybridized carbons (Fsp3) is 0.600. The van der Waals surface area contributed by atoms with Crippen LogP contribution in [0.4, 0.5) is 0 Å². The van der Waals surface area contributed by atoms with Gasteiger partial charge < -0.3 is 4.74 Å². The third-order valence-electron chi connectivity index (χ3n) is 2.25. The maximum atomic E-state index is 11.4. The van der Waals surface area contributed by atoms with Crippen LogP contribution in [0.3, 0.4) is 0 Å². The summed E-state index contributed by atoms with van der Waals surface area (Å²) in [6.07, 6.45) is 2.30. The Kier molecular flexibility index (Phi) is 4.02. The first-order valence-electron chi connectivity index (χ1n) is 4.99. The third kappa shape index (κ3) is 3.50. The Morgan fingerprint density at radius 3 is 3.27 bits per heavy atom. The van der Waals surface area contributed by atoms with Gasteiger partial charge in [0.05, 0.1) is 17.6 Å². The van der Waals surface area contributed by atoms with Crippen molar-refractivity contribution >= 4 is 29.1 Å². The second-order valence-corrected chi connectivity index (χ2v) is 5.32. The van der Waals surface area contributed by atoms with Crippen LogP contribution < -0.4 is 0 Å². The van der Waals surface area contributed by atoms with E-state index in [-0.39, 0.29) is 12.1 Å². The Morgan fingerprint density at radius 2 is 2.60 bits per heavy atom. The fourth-order valence-corrected chi connectivity index (χ4v) is 3.13. The summed E-state index contributed by atoms with van der Waals surface area (Å²) in [6, 6.07) is 0. The van der Waals surface area contributed by atoms with Gasteiger partial charge in [0.25, 0.3) is 0 Å². The molecular weight excluding hydrogens is 230 g/mol. The van der Waals surface area contributed by atoms with Gasteiger partial charge >= 0.3 is 5.97 Å². The maximum absolute atomic E-state index is 11.4. The number of hydrogen-bond donors (Lipinski definition) is 0. The van der Waals surface area contributed by atoms with Gasteiger partial charge in [-0.25, -0.2) is 4.98 Å². The van der Waals surface area contributed by atoms with Crippen molar-refractivity contribution in [2.24, 2.45) is 0 Å². The van der Waals surface area contributed by atoms with E-state index in [4.69, 9.17) is 4.74 Å². The molecule has 82 valence electrons. The Morgan fingerprint density at radius 1 is 1.67 bits per heavy atom. The number of aromatic nitrogens is 1. The van der Waals surface area contributed by atoms with Gasteiger partial charge in [-0.1, -0.05) is 0 Å². The van der Waals surface area contributed by atoms with Crippen LogP contribution in [-0.2, 0) is 16.0 Å². The average molecular weight is 243 g/mol. The van der Waals surface area contributed by atoms with Crippen LogP contribution in [0.2, 0.25) is 0 Å². The SMILES string of the molecule is O=C(CCc1cscn1)O[C@H]1CCSC1. The van der Waals surface area contributed by atoms with Gasteiger partial charge in [-0.15, -0.1) is 11.3 Å². The van der Waals surface area contributed by atoms with Gasteiger partial charge in [0.1, 0.15) is 6.10 Å². The fourth-order valence-electron chi connectivity index (χ4n) is 1.44. The molecule has 1 fully saturated rings. The first kappa shape index (κ1) is 11.0. The van der Waals surface area contributed by atoms with Gasteiger partial charge in [-0.3, -0.25) is 4.79 Å². The molecule has 0 unspecified atom stereocenters. The quantitative estimate of drug-likeness (QED) is 0.759. The van der Waals surface area contributed by atoms with E-state index in [1.54, 1.807) is 16.8 Å². The number of ether oxygens (including phenoxy) is 1. The molecule has 0 aromatic carbocycles. The number of carbonyl (C=O) groups excluding carboxylic acids is 1. The summed E-state index contributed by atoms with van der Waals surface area (Å²) in [5, 5.41) is 1.97. The van der Waals surface area contributed by atoms with E-state index >= 15 is 0 Å². The van der Waals surface area contributed by atoms with Crippen LogP contribution in [0, 0.1) is 0 Å². The summed E-state index contributed by atoms with van der Waals surface area (Å²) in [5.41, 5.74) is 2.77. The molecule has 1 aliphatic heterocycles. The van der Waals surface area contributed by atoms with Crippen LogP contribution in [-0.4, -0.2) is 28.6 Å². The van der Waals surface area contributed by atoms with E-state index in [9.17, 15) is 4.79 Å². The van der Waals surface area contributed by atoms with E-state index in [2.05, 4.69) is 4.98 Å². The molecule has 1 aliphatic rings. The first-order chi connectivity index (χ1) is 7.34. The molecular formula is C10H13NO2S2. The van der Waals surface area contributed by atoms with Gasteiger partial charge in [0.2, 0.25) is 0 Å². The minimum absolute atomic E-state index is 0.0875. The summed E-state index contributed by atoms with van der Waals surface area (Å²) < 4.78 is 5.33. The largest absolute Gasteiger partial charge is 0.461 e. The van der Waals surface area contributed by atoms with Gasteiger partial charge in [-0.2, -0.15) is 11.8 Å². The van der Waals surface area contributed by atoms with Crippen LogP contribution in [0.15, 0.2) is 10.9 Å². The normalized spacial score (nSPS) is 20.4. The molecule has 0 radical (unpaired) electrons. The minimum atomic E-state index is -0.0875. The van der Waals surface area contributed by atoms with Crippen molar-refractivity contribution in [3.05, 3.63) is 16.6 Å². The number of nitrogens with zero attached hydrogens (tertiary/aromatic N) is 1. The molecule has 3 nitrogen and oxygen atoms in total. The summed E-state index contributed by atoms with van der Waals surface area (Å²) in [7, 11) is 0. The Balaban J connectivity index is 1.68. The zero-order chi connectivity index (χ0) is 10.5. The molecule has 0 N–H and O–H groups in total. The monoisotopic (exact) mass is 243 g/mol. The van der Waals surface area contributed by atoms with E-state index in [1.165, 1.54) is 0 Å². The molecule has 15 heavy (non-hydrogen) atoms. The van der Waals surface area contributed by atoms with E-state index < -0.39 is 0 Å². The van der Waals surface area contributed by atoms with Crippen LogP contribution in [0.25, 0.3) is 0 Å². The molecule has 1 saturated heterocycles. The number of thioether (sulfide) groups is 1. The van der Waals surface area contributed by atoms with Gasteiger partial charge in [-0.05, 0) is 12.2 Å². The molecule has 0 spiro atoms. The minimum Gasteiger partial charge on any atom is -0.461 e. The standard InChI is InChI=1S/C10H13NO2S2/c12-10(13-9-3-4-14-6-9)2-1-8-5-15-7-11-8/h5,7,9H,1-4,6H2/t9-/m0/s1. The van der Waals surface area contributed by atoms with Crippen molar-refractivity contribution in [1.29, 1.82) is 0 Å². The van der Waals surface area contributed by atoms with Crippen molar-refractivity contribution in [2.45, 2.75) is 25.4 Å². The lowest BCUT2D eigenvalue weighted by Crippen LogP contribution is -2.17. The summed E-state index contributed by atoms with van der Waals surface area (Å²) in [6.45, 7) is 0. The first-order valence-corrected chi connectivity index (χ1v) is 7.08. The van der Waals surface area contributed by atoms with E-state index in [0.717, 1.165) is 23.6 Å². The van der Waals surface area contributed by atoms with Crippen molar-refractivity contribution in [3.8, 4) is 0 Å². The predicted octanol–water partition coefficient (Wildman–Crippen LogP) is 2.12. The zero-order valence-corrected chi connectivity index (χ0v) is 9.98. The molecule has 1 atom stereocenters. The lowest BCUT2D eigenvalue weighted by atomic mass is 10.2. The Labute approximate surface area is 97.2 Å². The van der Waals surface area contributed by atoms with E-state index in [1.807, 2.05) is 17.1 Å². The number of thiazole rings is 1. The number of rotatable bonds is 4. The number of carbonyl (C=O) groups is 1. The summed E-state index contributed by atoms with van der Waals surface area (Å²) in [5.74, 6) is 1.99. The molecule has 1 aromatic heterocycles. The smallest absolute Gasteiger partial charge is 0.306 e. The van der Waals surface area contributed by atoms with Crippen molar-refractivity contribution in [3.63, 3.8) is 0 Å². The lowest BCUT2D eigenvalue weighted by Gasteiger charge is -2.09. The van der Waals surface area contributed by atoms with Gasteiger partial charge in [0.15, 0.2) is 0 Å². The number of aryl methyl sites for hydroxylation is 1. The number of hydrogen-bond acceptors (Lipinski definition) is 5. The van der Waals surface area contributed by atoms with Gasteiger partial charge in [0, 0.05) is 17.6 Å². The molecule has 0 amide bonds. The van der Waals surface area contributed by atoms with E-state index in [0.29, 0.717) is 12.8 Å². The Bertz CT molecular complexity index is 307. The Hall–Kier alpha value is -0.550. The molecule has 2 rings (SSSR count). The van der Waals surface area contributed by atoms with Crippen LogP contribution >= 0.6 is 23.1 Å². The molecule has 0 bridgehead atoms. The lowest BCUT2D eigenvalue weighted by molar-refractivity contribution is -0.147. The van der Waals surface area contributed by atoms with Crippen molar-refractivity contribution in [2.75, 3.05) is 11.5 Å². The van der Waals surface area contributed by atoms with Crippen LogP contribution in [0.1, 0.15) is 18.5 Å². The number of esters is 1. The molecule has 2 heterocycles. The second-order valence-electron chi connectivity index (χ2n) is 3.46. The van der Waals surface area contributed by atoms with Crippen molar-refractivity contribution in [1.82, 2.24) is 4.98 Å². The third-order valence-corrected chi connectivity index (χ3v) is 4.02. The summed E-state index contributed by atoms with van der Waals surface area (Å²) in [4.78, 5) is 15.6. The zero-order valence-electron chi connectivity index (χ0n) is 8.35. The highest BCUT2D eigenvalue weighted by Gasteiger charge is 2.19. The van der Waals surface area contributed by atoms with Crippen molar-refractivity contribution < 1.29 is 9.53 Å². The molecule has 5 heteroatoms. The highest BCUT2D eigenvalue weighted by atomic mass is 32.2. The molecule has 0 saturated carbocycles. The highest BCUT2D eigenvalue weighted by Crippen LogP contribution is 2.20. The predicted molar refractivity (Wildman–Crippen MR) is 62.3 cm³/mol. The average Bonchev–Trinajstić information content (AvgIpc) is 2.86. The highest BCUT2D eigenvalue weighted by molar-refractivity contribution is 7.99.